The van der Waals surface area contributed by atoms with Gasteiger partial charge in [0.25, 0.3) is 0 Å². The Morgan fingerprint density at radius 1 is 1.47 bits per heavy atom. The van der Waals surface area contributed by atoms with Crippen LogP contribution < -0.4 is 5.32 Å². The second kappa shape index (κ2) is 8.53. The molecule has 0 aliphatic heterocycles. The molecule has 0 aromatic heterocycles. The molecule has 0 saturated heterocycles. The zero-order chi connectivity index (χ0) is 13.3. The third-order valence-corrected chi connectivity index (χ3v) is 2.08. The van der Waals surface area contributed by atoms with Crippen molar-refractivity contribution in [2.45, 2.75) is 20.8 Å². The molecule has 0 aliphatic carbocycles. The first kappa shape index (κ1) is 15.4. The Hall–Kier alpha value is -1.61. The van der Waals surface area contributed by atoms with Crippen LogP contribution in [0.3, 0.4) is 0 Å². The van der Waals surface area contributed by atoms with Gasteiger partial charge in [-0.15, -0.1) is 0 Å². The fourth-order valence-electron chi connectivity index (χ4n) is 1.26. The van der Waals surface area contributed by atoms with E-state index < -0.39 is 12.0 Å². The highest BCUT2D eigenvalue weighted by Gasteiger charge is 2.14. The molecule has 0 saturated carbocycles. The lowest BCUT2D eigenvalue weighted by atomic mass is 10.2. The van der Waals surface area contributed by atoms with E-state index in [2.05, 4.69) is 16.1 Å². The van der Waals surface area contributed by atoms with Crippen LogP contribution in [0.2, 0.25) is 0 Å². The number of hydrogen-bond acceptors (Lipinski definition) is 5. The molecule has 6 heteroatoms. The molecule has 17 heavy (non-hydrogen) atoms. The summed E-state index contributed by atoms with van der Waals surface area (Å²) >= 11 is 0. The number of likely N-dealkylation sites (N-methyl/N-ethyl adjacent to an activating group) is 1. The van der Waals surface area contributed by atoms with Gasteiger partial charge in [0, 0.05) is 6.54 Å². The molecule has 2 amide bonds. The summed E-state index contributed by atoms with van der Waals surface area (Å²) in [6.07, 6.45) is -0.734. The molecule has 0 aromatic rings. The minimum atomic E-state index is -0.734. The number of nitriles is 1. The summed E-state index contributed by atoms with van der Waals surface area (Å²) in [7, 11) is 0. The highest BCUT2D eigenvalue weighted by atomic mass is 16.5. The van der Waals surface area contributed by atoms with E-state index in [1.54, 1.807) is 18.7 Å². The van der Waals surface area contributed by atoms with Crippen molar-refractivity contribution < 1.29 is 14.3 Å². The number of hydrogen-bond donors (Lipinski definition) is 1. The lowest BCUT2D eigenvalue weighted by molar-refractivity contribution is -0.121. The summed E-state index contributed by atoms with van der Waals surface area (Å²) in [6.45, 7) is 6.79. The van der Waals surface area contributed by atoms with Crippen LogP contribution in [0.15, 0.2) is 0 Å². The van der Waals surface area contributed by atoms with Crippen molar-refractivity contribution >= 4 is 12.0 Å². The summed E-state index contributed by atoms with van der Waals surface area (Å²) in [6, 6.07) is 2.10. The number of carbonyl (C=O) groups excluding carboxylic acids is 2. The number of carbonyl (C=O) groups is 2. The number of alkyl carbamates (subject to hydrolysis) is 1. The lowest BCUT2D eigenvalue weighted by Gasteiger charge is -2.20. The highest BCUT2D eigenvalue weighted by Crippen LogP contribution is 1.97. The van der Waals surface area contributed by atoms with Crippen molar-refractivity contribution in [1.82, 2.24) is 10.2 Å². The van der Waals surface area contributed by atoms with E-state index in [4.69, 9.17) is 5.26 Å². The number of nitrogens with one attached hydrogen (secondary N) is 1. The zero-order valence-electron chi connectivity index (χ0n) is 10.5. The number of rotatable bonds is 6. The van der Waals surface area contributed by atoms with Crippen LogP contribution in [0.5, 0.6) is 0 Å². The maximum Gasteiger partial charge on any atom is 0.413 e. The van der Waals surface area contributed by atoms with Gasteiger partial charge in [0.2, 0.25) is 5.91 Å². The smallest absolute Gasteiger partial charge is 0.413 e. The van der Waals surface area contributed by atoms with Gasteiger partial charge in [-0.2, -0.15) is 5.26 Å². The normalized spacial score (nSPS) is 11.7. The fourth-order valence-corrected chi connectivity index (χ4v) is 1.26. The van der Waals surface area contributed by atoms with Crippen LogP contribution in [0, 0.1) is 17.2 Å². The van der Waals surface area contributed by atoms with Crippen molar-refractivity contribution in [3.05, 3.63) is 0 Å². The highest BCUT2D eigenvalue weighted by molar-refractivity contribution is 5.92. The zero-order valence-corrected chi connectivity index (χ0v) is 10.5. The number of amides is 2. The molecule has 0 heterocycles. The van der Waals surface area contributed by atoms with E-state index in [9.17, 15) is 9.59 Å². The van der Waals surface area contributed by atoms with Gasteiger partial charge in [-0.05, 0) is 20.4 Å². The SMILES string of the molecule is CCOC(=O)NC(=O)CN(CC)C[C@@H](C)C#N. The molecule has 6 nitrogen and oxygen atoms in total. The van der Waals surface area contributed by atoms with Crippen molar-refractivity contribution in [3.63, 3.8) is 0 Å². The molecule has 0 aromatic carbocycles. The van der Waals surface area contributed by atoms with Crippen molar-refractivity contribution in [3.8, 4) is 6.07 Å². The Labute approximate surface area is 102 Å². The third-order valence-electron chi connectivity index (χ3n) is 2.08. The van der Waals surface area contributed by atoms with Gasteiger partial charge in [0.15, 0.2) is 0 Å². The molecule has 1 N–H and O–H groups in total. The first-order chi connectivity index (χ1) is 8.03. The Bertz CT molecular complexity index is 299. The Morgan fingerprint density at radius 2 is 2.12 bits per heavy atom. The van der Waals surface area contributed by atoms with Crippen molar-refractivity contribution in [1.29, 1.82) is 5.26 Å². The minimum Gasteiger partial charge on any atom is -0.450 e. The first-order valence-corrected chi connectivity index (χ1v) is 5.62. The number of imide groups is 1. The summed E-state index contributed by atoms with van der Waals surface area (Å²) in [5.41, 5.74) is 0. The van der Waals surface area contributed by atoms with E-state index in [1.807, 2.05) is 6.92 Å². The topological polar surface area (TPSA) is 82.4 Å². The molecule has 0 bridgehead atoms. The van der Waals surface area contributed by atoms with Crippen molar-refractivity contribution in [2.24, 2.45) is 5.92 Å². The second-order valence-corrected chi connectivity index (χ2v) is 3.63. The Kier molecular flexibility index (Phi) is 7.72. The van der Waals surface area contributed by atoms with Gasteiger partial charge in [-0.25, -0.2) is 4.79 Å². The standard InChI is InChI=1S/C11H19N3O3/c1-4-14(7-9(3)6-12)8-10(15)13-11(16)17-5-2/h9H,4-5,7-8H2,1-3H3,(H,13,15,16)/t9-/m0/s1. The summed E-state index contributed by atoms with van der Waals surface area (Å²) in [5.74, 6) is -0.569. The molecule has 0 spiro atoms. The van der Waals surface area contributed by atoms with Gasteiger partial charge in [0.1, 0.15) is 0 Å². The summed E-state index contributed by atoms with van der Waals surface area (Å²) < 4.78 is 4.59. The molecular weight excluding hydrogens is 222 g/mol. The first-order valence-electron chi connectivity index (χ1n) is 5.62. The minimum absolute atomic E-state index is 0.0847. The van der Waals surface area contributed by atoms with E-state index in [0.717, 1.165) is 0 Å². The van der Waals surface area contributed by atoms with Crippen LogP contribution in [0.1, 0.15) is 20.8 Å². The number of ether oxygens (including phenoxy) is 1. The van der Waals surface area contributed by atoms with Crippen LogP contribution in [-0.4, -0.2) is 43.1 Å². The fraction of sp³-hybridized carbons (Fsp3) is 0.727. The van der Waals surface area contributed by atoms with Gasteiger partial charge < -0.3 is 4.74 Å². The molecule has 0 unspecified atom stereocenters. The molecular formula is C11H19N3O3. The molecule has 0 aliphatic rings. The predicted octanol–water partition coefficient (Wildman–Crippen LogP) is 0.741. The second-order valence-electron chi connectivity index (χ2n) is 3.63. The molecule has 0 radical (unpaired) electrons. The quantitative estimate of drug-likeness (QED) is 0.741. The summed E-state index contributed by atoms with van der Waals surface area (Å²) in [4.78, 5) is 24.2. The molecule has 0 fully saturated rings. The third kappa shape index (κ3) is 7.30. The van der Waals surface area contributed by atoms with E-state index in [-0.39, 0.29) is 19.1 Å². The van der Waals surface area contributed by atoms with E-state index in [1.165, 1.54) is 0 Å². The van der Waals surface area contributed by atoms with Crippen LogP contribution in [0.25, 0.3) is 0 Å². The van der Waals surface area contributed by atoms with E-state index >= 15 is 0 Å². The van der Waals surface area contributed by atoms with Crippen LogP contribution in [0.4, 0.5) is 4.79 Å². The lowest BCUT2D eigenvalue weighted by Crippen LogP contribution is -2.41. The molecule has 1 atom stereocenters. The van der Waals surface area contributed by atoms with Crippen molar-refractivity contribution in [2.75, 3.05) is 26.2 Å². The Morgan fingerprint density at radius 3 is 2.59 bits per heavy atom. The maximum atomic E-state index is 11.4. The predicted molar refractivity (Wildman–Crippen MR) is 62.1 cm³/mol. The van der Waals surface area contributed by atoms with Gasteiger partial charge in [0.05, 0.1) is 25.1 Å². The van der Waals surface area contributed by atoms with Crippen LogP contribution in [-0.2, 0) is 9.53 Å². The van der Waals surface area contributed by atoms with E-state index in [0.29, 0.717) is 13.1 Å². The van der Waals surface area contributed by atoms with Gasteiger partial charge >= 0.3 is 6.09 Å². The van der Waals surface area contributed by atoms with Gasteiger partial charge in [-0.3, -0.25) is 15.0 Å². The average molecular weight is 241 g/mol. The van der Waals surface area contributed by atoms with Crippen LogP contribution >= 0.6 is 0 Å². The molecule has 0 rings (SSSR count). The summed E-state index contributed by atoms with van der Waals surface area (Å²) in [5, 5.41) is 10.8. The number of nitrogens with zero attached hydrogens (tertiary/aromatic N) is 2. The maximum absolute atomic E-state index is 11.4. The monoisotopic (exact) mass is 241 g/mol. The molecule has 96 valence electrons. The largest absolute Gasteiger partial charge is 0.450 e. The average Bonchev–Trinajstić information content (AvgIpc) is 2.27. The Balaban J connectivity index is 4.07. The van der Waals surface area contributed by atoms with Gasteiger partial charge in [-0.1, -0.05) is 6.92 Å².